The van der Waals surface area contributed by atoms with Gasteiger partial charge in [-0.15, -0.1) is 0 Å². The molecule has 0 fully saturated rings. The van der Waals surface area contributed by atoms with Crippen molar-refractivity contribution in [1.82, 2.24) is 9.62 Å². The Morgan fingerprint density at radius 1 is 1.03 bits per heavy atom. The van der Waals surface area contributed by atoms with Crippen LogP contribution in [0.4, 0.5) is 4.39 Å². The van der Waals surface area contributed by atoms with Gasteiger partial charge in [-0.05, 0) is 49.1 Å². The Labute approximate surface area is 178 Å². The van der Waals surface area contributed by atoms with E-state index in [9.17, 15) is 17.6 Å². The van der Waals surface area contributed by atoms with Gasteiger partial charge in [-0.2, -0.15) is 0 Å². The molecule has 8 heteroatoms. The smallest absolute Gasteiger partial charge is 0.242 e. The van der Waals surface area contributed by atoms with Crippen molar-refractivity contribution < 1.29 is 22.3 Å². The lowest BCUT2D eigenvalue weighted by Gasteiger charge is -2.17. The van der Waals surface area contributed by atoms with E-state index in [0.29, 0.717) is 26.2 Å². The highest BCUT2D eigenvalue weighted by atomic mass is 32.2. The van der Waals surface area contributed by atoms with Gasteiger partial charge in [-0.1, -0.05) is 30.3 Å². The summed E-state index contributed by atoms with van der Waals surface area (Å²) in [6.45, 7) is 1.95. The minimum absolute atomic E-state index is 0.0307. The van der Waals surface area contributed by atoms with E-state index in [1.54, 1.807) is 0 Å². The number of halogens is 1. The summed E-state index contributed by atoms with van der Waals surface area (Å²) in [6, 6.07) is 14.8. The first-order valence-electron chi connectivity index (χ1n) is 10.00. The second-order valence-electron chi connectivity index (χ2n) is 6.94. The number of carbonyl (C=O) groups is 1. The molecule has 30 heavy (non-hydrogen) atoms. The molecular formula is C22H29FN2O4S. The molecule has 2 aromatic rings. The second-order valence-corrected chi connectivity index (χ2v) is 8.98. The van der Waals surface area contributed by atoms with Crippen molar-refractivity contribution in [3.63, 3.8) is 0 Å². The second kappa shape index (κ2) is 12.4. The summed E-state index contributed by atoms with van der Waals surface area (Å²) in [5.74, 6) is -0.610. The molecule has 0 unspecified atom stereocenters. The van der Waals surface area contributed by atoms with E-state index in [1.165, 1.54) is 29.0 Å². The summed E-state index contributed by atoms with van der Waals surface area (Å²) in [4.78, 5) is 11.9. The van der Waals surface area contributed by atoms with Crippen LogP contribution in [0.3, 0.4) is 0 Å². The third-order valence-corrected chi connectivity index (χ3v) is 6.44. The lowest BCUT2D eigenvalue weighted by atomic mass is 10.2. The van der Waals surface area contributed by atoms with Crippen molar-refractivity contribution in [2.45, 2.75) is 30.6 Å². The third kappa shape index (κ3) is 8.22. The van der Waals surface area contributed by atoms with Crippen molar-refractivity contribution in [3.8, 4) is 0 Å². The molecule has 0 radical (unpaired) electrons. The highest BCUT2D eigenvalue weighted by molar-refractivity contribution is 7.89. The molecule has 2 aromatic carbocycles. The van der Waals surface area contributed by atoms with Gasteiger partial charge in [0, 0.05) is 33.2 Å². The van der Waals surface area contributed by atoms with Crippen LogP contribution in [0, 0.1) is 5.82 Å². The number of sulfonamides is 1. The van der Waals surface area contributed by atoms with Gasteiger partial charge in [0.2, 0.25) is 15.9 Å². The van der Waals surface area contributed by atoms with Crippen LogP contribution in [0.5, 0.6) is 0 Å². The Morgan fingerprint density at radius 3 is 2.43 bits per heavy atom. The SMILES string of the molecule is CN(CCCC(=O)NCCCOCCc1ccccc1)S(=O)(=O)c1ccc(F)cc1. The standard InChI is InChI=1S/C22H29FN2O4S/c1-25(30(27,28)21-12-10-20(23)11-13-21)16-5-9-22(26)24-15-6-17-29-18-14-19-7-3-2-4-8-19/h2-4,7-8,10-13H,5-6,9,14-18H2,1H3,(H,24,26). The molecule has 0 saturated carbocycles. The zero-order chi connectivity index (χ0) is 21.8. The number of ether oxygens (including phenoxy) is 1. The van der Waals surface area contributed by atoms with E-state index in [2.05, 4.69) is 17.4 Å². The number of nitrogens with zero attached hydrogens (tertiary/aromatic N) is 1. The largest absolute Gasteiger partial charge is 0.381 e. The van der Waals surface area contributed by atoms with Crippen LogP contribution in [0.1, 0.15) is 24.8 Å². The topological polar surface area (TPSA) is 75.7 Å². The fraction of sp³-hybridized carbons (Fsp3) is 0.409. The first-order chi connectivity index (χ1) is 14.4. The molecular weight excluding hydrogens is 407 g/mol. The molecule has 2 rings (SSSR count). The number of benzene rings is 2. The molecule has 0 bridgehead atoms. The molecule has 0 spiro atoms. The zero-order valence-electron chi connectivity index (χ0n) is 17.2. The van der Waals surface area contributed by atoms with Gasteiger partial charge in [0.25, 0.3) is 0 Å². The maximum atomic E-state index is 13.0. The van der Waals surface area contributed by atoms with Crippen molar-refractivity contribution in [2.24, 2.45) is 0 Å². The molecule has 1 amide bonds. The maximum absolute atomic E-state index is 13.0. The molecule has 0 saturated heterocycles. The Morgan fingerprint density at radius 2 is 1.73 bits per heavy atom. The van der Waals surface area contributed by atoms with Crippen LogP contribution in [0.25, 0.3) is 0 Å². The molecule has 6 nitrogen and oxygen atoms in total. The Bertz CT molecular complexity index is 874. The molecule has 1 N–H and O–H groups in total. The molecule has 164 valence electrons. The van der Waals surface area contributed by atoms with Gasteiger partial charge in [-0.25, -0.2) is 17.1 Å². The van der Waals surface area contributed by atoms with Gasteiger partial charge in [0.05, 0.1) is 11.5 Å². The lowest BCUT2D eigenvalue weighted by Crippen LogP contribution is -2.30. The summed E-state index contributed by atoms with van der Waals surface area (Å²) in [7, 11) is -2.24. The Balaban J connectivity index is 1.54. The van der Waals surface area contributed by atoms with Gasteiger partial charge < -0.3 is 10.1 Å². The highest BCUT2D eigenvalue weighted by Gasteiger charge is 2.20. The number of hydrogen-bond acceptors (Lipinski definition) is 4. The van der Waals surface area contributed by atoms with Gasteiger partial charge in [-0.3, -0.25) is 4.79 Å². The summed E-state index contributed by atoms with van der Waals surface area (Å²) in [6.07, 6.45) is 2.22. The van der Waals surface area contributed by atoms with Gasteiger partial charge in [0.15, 0.2) is 0 Å². The van der Waals surface area contributed by atoms with Crippen LogP contribution in [0.2, 0.25) is 0 Å². The van der Waals surface area contributed by atoms with Crippen LogP contribution >= 0.6 is 0 Å². The fourth-order valence-electron chi connectivity index (χ4n) is 2.80. The first-order valence-corrected chi connectivity index (χ1v) is 11.4. The number of hydrogen-bond donors (Lipinski definition) is 1. The highest BCUT2D eigenvalue weighted by Crippen LogP contribution is 2.15. The van der Waals surface area contributed by atoms with Gasteiger partial charge in [0.1, 0.15) is 5.82 Å². The van der Waals surface area contributed by atoms with Crippen molar-refractivity contribution >= 4 is 15.9 Å². The predicted molar refractivity (Wildman–Crippen MR) is 114 cm³/mol. The number of rotatable bonds is 13. The van der Waals surface area contributed by atoms with E-state index < -0.39 is 15.8 Å². The predicted octanol–water partition coefficient (Wildman–Crippen LogP) is 2.99. The fourth-order valence-corrected chi connectivity index (χ4v) is 4.01. The van der Waals surface area contributed by atoms with E-state index in [1.807, 2.05) is 18.2 Å². The van der Waals surface area contributed by atoms with Crippen LogP contribution in [-0.2, 0) is 26.0 Å². The monoisotopic (exact) mass is 436 g/mol. The van der Waals surface area contributed by atoms with Crippen molar-refractivity contribution in [2.75, 3.05) is 33.4 Å². The van der Waals surface area contributed by atoms with Gasteiger partial charge >= 0.3 is 0 Å². The van der Waals surface area contributed by atoms with Crippen LogP contribution < -0.4 is 5.32 Å². The maximum Gasteiger partial charge on any atom is 0.242 e. The number of amides is 1. The average molecular weight is 437 g/mol. The van der Waals surface area contributed by atoms with Crippen LogP contribution in [-0.4, -0.2) is 52.0 Å². The molecule has 0 aliphatic heterocycles. The molecule has 0 aliphatic carbocycles. The number of nitrogens with one attached hydrogen (secondary N) is 1. The normalized spacial score (nSPS) is 11.6. The van der Waals surface area contributed by atoms with E-state index in [4.69, 9.17) is 4.74 Å². The van der Waals surface area contributed by atoms with E-state index in [-0.39, 0.29) is 23.8 Å². The quantitative estimate of drug-likeness (QED) is 0.490. The van der Waals surface area contributed by atoms with E-state index >= 15 is 0 Å². The minimum Gasteiger partial charge on any atom is -0.381 e. The summed E-state index contributed by atoms with van der Waals surface area (Å²) >= 11 is 0. The van der Waals surface area contributed by atoms with Crippen molar-refractivity contribution in [3.05, 3.63) is 66.0 Å². The average Bonchev–Trinajstić information content (AvgIpc) is 2.74. The third-order valence-electron chi connectivity index (χ3n) is 4.56. The molecule has 0 aliphatic rings. The summed E-state index contributed by atoms with van der Waals surface area (Å²) in [5.41, 5.74) is 1.23. The van der Waals surface area contributed by atoms with E-state index in [0.717, 1.165) is 25.0 Å². The summed E-state index contributed by atoms with van der Waals surface area (Å²) in [5, 5.41) is 2.81. The minimum atomic E-state index is -3.69. The molecule has 0 atom stereocenters. The Hall–Kier alpha value is -2.29. The number of carbonyl (C=O) groups excluding carboxylic acids is 1. The molecule has 0 heterocycles. The lowest BCUT2D eigenvalue weighted by molar-refractivity contribution is -0.121. The summed E-state index contributed by atoms with van der Waals surface area (Å²) < 4.78 is 44.5. The first kappa shape index (κ1) is 24.0. The zero-order valence-corrected chi connectivity index (χ0v) is 18.0. The Kier molecular flexibility index (Phi) is 9.93. The van der Waals surface area contributed by atoms with Crippen LogP contribution in [0.15, 0.2) is 59.5 Å². The molecule has 0 aromatic heterocycles. The van der Waals surface area contributed by atoms with Crippen molar-refractivity contribution in [1.29, 1.82) is 0 Å².